The SMILES string of the molecule is Cc1cc(C)c(C(Cl)c2c(C)cc(C)c(C)c2C)c(C)c1C. The summed E-state index contributed by atoms with van der Waals surface area (Å²) in [4.78, 5) is 0. The Morgan fingerprint density at radius 3 is 1.18 bits per heavy atom. The molecule has 2 aromatic rings. The average molecular weight is 315 g/mol. The number of hydrogen-bond acceptors (Lipinski definition) is 0. The predicted molar refractivity (Wildman–Crippen MR) is 98.5 cm³/mol. The van der Waals surface area contributed by atoms with Gasteiger partial charge in [-0.3, -0.25) is 0 Å². The van der Waals surface area contributed by atoms with Gasteiger partial charge in [-0.05, 0) is 111 Å². The van der Waals surface area contributed by atoms with Crippen molar-refractivity contribution in [2.45, 2.75) is 60.8 Å². The van der Waals surface area contributed by atoms with Gasteiger partial charge in [0.1, 0.15) is 0 Å². The van der Waals surface area contributed by atoms with E-state index >= 15 is 0 Å². The maximum Gasteiger partial charge on any atom is 0.0845 e. The van der Waals surface area contributed by atoms with Crippen molar-refractivity contribution in [2.24, 2.45) is 0 Å². The van der Waals surface area contributed by atoms with E-state index in [4.69, 9.17) is 11.6 Å². The van der Waals surface area contributed by atoms with Crippen LogP contribution in [0.3, 0.4) is 0 Å². The molecule has 22 heavy (non-hydrogen) atoms. The van der Waals surface area contributed by atoms with Gasteiger partial charge in [0.15, 0.2) is 0 Å². The van der Waals surface area contributed by atoms with Crippen molar-refractivity contribution in [3.05, 3.63) is 67.8 Å². The smallest absolute Gasteiger partial charge is 0.0845 e. The molecule has 0 heterocycles. The van der Waals surface area contributed by atoms with Crippen LogP contribution in [-0.4, -0.2) is 0 Å². The molecule has 0 radical (unpaired) electrons. The van der Waals surface area contributed by atoms with Gasteiger partial charge in [-0.25, -0.2) is 0 Å². The largest absolute Gasteiger partial charge is 0.113 e. The first-order valence-electron chi connectivity index (χ1n) is 7.95. The lowest BCUT2D eigenvalue weighted by atomic mass is 9.85. The molecule has 0 unspecified atom stereocenters. The fraction of sp³-hybridized carbons (Fsp3) is 0.429. The van der Waals surface area contributed by atoms with Crippen LogP contribution < -0.4 is 0 Å². The van der Waals surface area contributed by atoms with Crippen molar-refractivity contribution in [3.63, 3.8) is 0 Å². The van der Waals surface area contributed by atoms with Crippen LogP contribution in [0, 0.1) is 55.4 Å². The summed E-state index contributed by atoms with van der Waals surface area (Å²) < 4.78 is 0. The number of rotatable bonds is 2. The second-order valence-corrected chi connectivity index (χ2v) is 7.15. The van der Waals surface area contributed by atoms with E-state index in [-0.39, 0.29) is 5.38 Å². The molecule has 0 spiro atoms. The third kappa shape index (κ3) is 2.70. The predicted octanol–water partition coefficient (Wildman–Crippen LogP) is 6.48. The molecule has 0 amide bonds. The summed E-state index contributed by atoms with van der Waals surface area (Å²) in [6.07, 6.45) is 0. The van der Waals surface area contributed by atoms with E-state index in [2.05, 4.69) is 67.5 Å². The Morgan fingerprint density at radius 2 is 0.864 bits per heavy atom. The summed E-state index contributed by atoms with van der Waals surface area (Å²) >= 11 is 7.00. The maximum absolute atomic E-state index is 7.00. The van der Waals surface area contributed by atoms with Gasteiger partial charge in [-0.2, -0.15) is 0 Å². The molecule has 0 fully saturated rings. The van der Waals surface area contributed by atoms with E-state index in [0.717, 1.165) is 0 Å². The van der Waals surface area contributed by atoms with E-state index in [1.54, 1.807) is 0 Å². The molecule has 0 aliphatic rings. The normalized spacial score (nSPS) is 11.4. The first kappa shape index (κ1) is 17.1. The Hall–Kier alpha value is -1.27. The zero-order chi connectivity index (χ0) is 16.8. The topological polar surface area (TPSA) is 0 Å². The van der Waals surface area contributed by atoms with Crippen molar-refractivity contribution in [1.82, 2.24) is 0 Å². The summed E-state index contributed by atoms with van der Waals surface area (Å²) in [5.41, 5.74) is 13.2. The van der Waals surface area contributed by atoms with Crippen LogP contribution in [-0.2, 0) is 0 Å². The Labute approximate surface area is 140 Å². The van der Waals surface area contributed by atoms with Crippen LogP contribution in [0.2, 0.25) is 0 Å². The van der Waals surface area contributed by atoms with Crippen LogP contribution in [0.1, 0.15) is 61.0 Å². The Balaban J connectivity index is 2.72. The first-order chi connectivity index (χ1) is 10.2. The highest BCUT2D eigenvalue weighted by Crippen LogP contribution is 2.39. The van der Waals surface area contributed by atoms with Crippen molar-refractivity contribution in [1.29, 1.82) is 0 Å². The van der Waals surface area contributed by atoms with Crippen molar-refractivity contribution >= 4 is 11.6 Å². The van der Waals surface area contributed by atoms with E-state index in [9.17, 15) is 0 Å². The summed E-state index contributed by atoms with van der Waals surface area (Å²) in [6.45, 7) is 17.5. The number of benzene rings is 2. The molecular weight excluding hydrogens is 288 g/mol. The van der Waals surface area contributed by atoms with Gasteiger partial charge < -0.3 is 0 Å². The molecule has 1 heteroatoms. The van der Waals surface area contributed by atoms with Gasteiger partial charge in [0, 0.05) is 0 Å². The summed E-state index contributed by atoms with van der Waals surface area (Å²) in [6, 6.07) is 4.53. The molecule has 0 nitrogen and oxygen atoms in total. The van der Waals surface area contributed by atoms with E-state index in [1.807, 2.05) is 0 Å². The lowest BCUT2D eigenvalue weighted by Crippen LogP contribution is -2.07. The molecule has 0 aromatic heterocycles. The fourth-order valence-corrected chi connectivity index (χ4v) is 4.20. The number of aryl methyl sites for hydroxylation is 4. The lowest BCUT2D eigenvalue weighted by Gasteiger charge is -2.24. The zero-order valence-corrected chi connectivity index (χ0v) is 15.9. The molecule has 2 rings (SSSR count). The van der Waals surface area contributed by atoms with Gasteiger partial charge in [0.25, 0.3) is 0 Å². The van der Waals surface area contributed by atoms with Crippen molar-refractivity contribution in [2.75, 3.05) is 0 Å². The second-order valence-electron chi connectivity index (χ2n) is 6.71. The summed E-state index contributed by atoms with van der Waals surface area (Å²) in [7, 11) is 0. The number of alkyl halides is 1. The molecule has 0 bridgehead atoms. The Morgan fingerprint density at radius 1 is 0.545 bits per heavy atom. The minimum absolute atomic E-state index is 0.0846. The molecule has 0 saturated heterocycles. The molecular formula is C21H27Cl. The third-order valence-electron chi connectivity index (χ3n) is 5.34. The van der Waals surface area contributed by atoms with Crippen molar-refractivity contribution < 1.29 is 0 Å². The second kappa shape index (κ2) is 6.08. The molecule has 0 aliphatic carbocycles. The number of halogens is 1. The molecule has 0 atom stereocenters. The van der Waals surface area contributed by atoms with E-state index in [1.165, 1.54) is 55.6 Å². The van der Waals surface area contributed by atoms with Gasteiger partial charge >= 0.3 is 0 Å². The summed E-state index contributed by atoms with van der Waals surface area (Å²) in [5.74, 6) is 0. The van der Waals surface area contributed by atoms with Crippen molar-refractivity contribution in [3.8, 4) is 0 Å². The molecule has 0 saturated carbocycles. The minimum atomic E-state index is -0.0846. The van der Waals surface area contributed by atoms with Gasteiger partial charge in [-0.15, -0.1) is 11.6 Å². The highest BCUT2D eigenvalue weighted by Gasteiger charge is 2.22. The van der Waals surface area contributed by atoms with Gasteiger partial charge in [-0.1, -0.05) is 12.1 Å². The molecule has 2 aromatic carbocycles. The lowest BCUT2D eigenvalue weighted by molar-refractivity contribution is 1.01. The highest BCUT2D eigenvalue weighted by atomic mass is 35.5. The zero-order valence-electron chi connectivity index (χ0n) is 15.1. The van der Waals surface area contributed by atoms with E-state index < -0.39 is 0 Å². The van der Waals surface area contributed by atoms with Crippen LogP contribution in [0.5, 0.6) is 0 Å². The van der Waals surface area contributed by atoms with Gasteiger partial charge in [0.05, 0.1) is 5.38 Å². The first-order valence-corrected chi connectivity index (χ1v) is 8.39. The highest BCUT2D eigenvalue weighted by molar-refractivity contribution is 6.23. The Kier molecular flexibility index (Phi) is 4.73. The quantitative estimate of drug-likeness (QED) is 0.556. The maximum atomic E-state index is 7.00. The monoisotopic (exact) mass is 314 g/mol. The molecule has 0 N–H and O–H groups in total. The van der Waals surface area contributed by atoms with Crippen LogP contribution in [0.15, 0.2) is 12.1 Å². The average Bonchev–Trinajstić information content (AvgIpc) is 2.42. The van der Waals surface area contributed by atoms with Crippen LogP contribution in [0.4, 0.5) is 0 Å². The standard InChI is InChI=1S/C21H27Cl/c1-11-9-13(3)19(17(7)15(11)5)21(22)20-14(4)10-12(2)16(6)18(20)8/h9-10,21H,1-8H3. The van der Waals surface area contributed by atoms with Crippen LogP contribution in [0.25, 0.3) is 0 Å². The van der Waals surface area contributed by atoms with Gasteiger partial charge in [0.2, 0.25) is 0 Å². The molecule has 118 valence electrons. The van der Waals surface area contributed by atoms with Crippen LogP contribution >= 0.6 is 11.6 Å². The van der Waals surface area contributed by atoms with E-state index in [0.29, 0.717) is 0 Å². The molecule has 0 aliphatic heterocycles. The number of hydrogen-bond donors (Lipinski definition) is 0. The Bertz CT molecular complexity index is 675. The third-order valence-corrected chi connectivity index (χ3v) is 5.78. The summed E-state index contributed by atoms with van der Waals surface area (Å²) in [5, 5.41) is -0.0846. The minimum Gasteiger partial charge on any atom is -0.113 e. The fourth-order valence-electron chi connectivity index (χ4n) is 3.53.